The monoisotopic (exact) mass is 423 g/mol. The van der Waals surface area contributed by atoms with Crippen molar-refractivity contribution in [3.63, 3.8) is 0 Å². The van der Waals surface area contributed by atoms with Gasteiger partial charge in [0.1, 0.15) is 5.75 Å². The maximum atomic E-state index is 12.5. The normalized spacial score (nSPS) is 14.0. The average molecular weight is 424 g/mol. The standard InChI is InChI=1S/C24H29N3O4/c1-18(28)25-21-8-5-7-19(17-21)24(30)26-20-12-14-27(15-13-20)23(29)11-6-16-31-22-9-3-2-4-10-22/h2-5,7-10,17,20H,6,11-16H2,1H3,(H,25,28)(H,26,30). The van der Waals surface area contributed by atoms with E-state index in [0.29, 0.717) is 43.8 Å². The van der Waals surface area contributed by atoms with Crippen LogP contribution in [0.25, 0.3) is 0 Å². The van der Waals surface area contributed by atoms with Gasteiger partial charge in [0.15, 0.2) is 0 Å². The molecule has 31 heavy (non-hydrogen) atoms. The van der Waals surface area contributed by atoms with Crippen LogP contribution >= 0.6 is 0 Å². The largest absolute Gasteiger partial charge is 0.494 e. The summed E-state index contributed by atoms with van der Waals surface area (Å²) in [4.78, 5) is 38.0. The zero-order chi connectivity index (χ0) is 22.1. The van der Waals surface area contributed by atoms with Crippen LogP contribution in [0.15, 0.2) is 54.6 Å². The molecule has 7 nitrogen and oxygen atoms in total. The van der Waals surface area contributed by atoms with E-state index in [1.807, 2.05) is 35.2 Å². The molecule has 0 aliphatic carbocycles. The van der Waals surface area contributed by atoms with Crippen molar-refractivity contribution in [3.8, 4) is 5.75 Å². The van der Waals surface area contributed by atoms with Gasteiger partial charge in [-0.05, 0) is 49.6 Å². The number of nitrogens with zero attached hydrogens (tertiary/aromatic N) is 1. The van der Waals surface area contributed by atoms with E-state index in [1.54, 1.807) is 24.3 Å². The third-order valence-corrected chi connectivity index (χ3v) is 5.17. The third kappa shape index (κ3) is 7.13. The summed E-state index contributed by atoms with van der Waals surface area (Å²) in [5.74, 6) is 0.592. The van der Waals surface area contributed by atoms with E-state index in [0.717, 1.165) is 18.6 Å². The van der Waals surface area contributed by atoms with Crippen LogP contribution in [0, 0.1) is 0 Å². The molecule has 2 aromatic rings. The first kappa shape index (κ1) is 22.3. The minimum atomic E-state index is -0.179. The van der Waals surface area contributed by atoms with Gasteiger partial charge >= 0.3 is 0 Å². The average Bonchev–Trinajstić information content (AvgIpc) is 2.77. The summed E-state index contributed by atoms with van der Waals surface area (Å²) in [5.41, 5.74) is 1.10. The lowest BCUT2D eigenvalue weighted by atomic mass is 10.0. The van der Waals surface area contributed by atoms with Gasteiger partial charge in [-0.1, -0.05) is 24.3 Å². The molecular formula is C24H29N3O4. The first-order valence-corrected chi connectivity index (χ1v) is 10.7. The molecular weight excluding hydrogens is 394 g/mol. The van der Waals surface area contributed by atoms with Gasteiger partial charge in [0.2, 0.25) is 11.8 Å². The van der Waals surface area contributed by atoms with Crippen molar-refractivity contribution in [1.82, 2.24) is 10.2 Å². The minimum Gasteiger partial charge on any atom is -0.494 e. The number of ether oxygens (including phenoxy) is 1. The second-order valence-electron chi connectivity index (χ2n) is 7.66. The van der Waals surface area contributed by atoms with Crippen LogP contribution in [-0.4, -0.2) is 48.4 Å². The summed E-state index contributed by atoms with van der Waals surface area (Å²) in [6, 6.07) is 16.5. The quantitative estimate of drug-likeness (QED) is 0.638. The Labute approximate surface area is 182 Å². The molecule has 3 amide bonds. The van der Waals surface area contributed by atoms with Crippen LogP contribution in [0.3, 0.4) is 0 Å². The highest BCUT2D eigenvalue weighted by Crippen LogP contribution is 2.15. The lowest BCUT2D eigenvalue weighted by molar-refractivity contribution is -0.132. The maximum absolute atomic E-state index is 12.5. The van der Waals surface area contributed by atoms with Gasteiger partial charge in [0, 0.05) is 43.7 Å². The zero-order valence-electron chi connectivity index (χ0n) is 17.8. The van der Waals surface area contributed by atoms with Crippen LogP contribution < -0.4 is 15.4 Å². The second kappa shape index (κ2) is 11.2. The molecule has 1 heterocycles. The van der Waals surface area contributed by atoms with E-state index in [-0.39, 0.29) is 23.8 Å². The van der Waals surface area contributed by atoms with Gasteiger partial charge in [-0.15, -0.1) is 0 Å². The molecule has 1 fully saturated rings. The van der Waals surface area contributed by atoms with Crippen LogP contribution in [-0.2, 0) is 9.59 Å². The van der Waals surface area contributed by atoms with E-state index in [9.17, 15) is 14.4 Å². The summed E-state index contributed by atoms with van der Waals surface area (Å²) in [6.07, 6.45) is 2.58. The Balaban J connectivity index is 1.37. The van der Waals surface area contributed by atoms with Crippen LogP contribution in [0.2, 0.25) is 0 Å². The number of hydrogen-bond donors (Lipinski definition) is 2. The van der Waals surface area contributed by atoms with E-state index in [1.165, 1.54) is 6.92 Å². The highest BCUT2D eigenvalue weighted by Gasteiger charge is 2.24. The molecule has 7 heteroatoms. The van der Waals surface area contributed by atoms with Gasteiger partial charge in [0.05, 0.1) is 6.61 Å². The fraction of sp³-hybridized carbons (Fsp3) is 0.375. The SMILES string of the molecule is CC(=O)Nc1cccc(C(=O)NC2CCN(C(=O)CCCOc3ccccc3)CC2)c1. The Bertz CT molecular complexity index is 893. The highest BCUT2D eigenvalue weighted by atomic mass is 16.5. The molecule has 0 atom stereocenters. The van der Waals surface area contributed by atoms with Gasteiger partial charge in [-0.3, -0.25) is 14.4 Å². The molecule has 0 saturated carbocycles. The molecule has 0 radical (unpaired) electrons. The zero-order valence-corrected chi connectivity index (χ0v) is 17.8. The van der Waals surface area contributed by atoms with Crippen molar-refractivity contribution in [1.29, 1.82) is 0 Å². The first-order chi connectivity index (χ1) is 15.0. The topological polar surface area (TPSA) is 87.7 Å². The molecule has 2 N–H and O–H groups in total. The predicted molar refractivity (Wildman–Crippen MR) is 119 cm³/mol. The number of carbonyl (C=O) groups is 3. The Morgan fingerprint density at radius 2 is 1.77 bits per heavy atom. The van der Waals surface area contributed by atoms with E-state index in [4.69, 9.17) is 4.74 Å². The van der Waals surface area contributed by atoms with E-state index in [2.05, 4.69) is 10.6 Å². The number of hydrogen-bond acceptors (Lipinski definition) is 4. The second-order valence-corrected chi connectivity index (χ2v) is 7.66. The Hall–Kier alpha value is -3.35. The molecule has 0 aromatic heterocycles. The number of para-hydroxylation sites is 1. The molecule has 3 rings (SSSR count). The predicted octanol–water partition coefficient (Wildman–Crippen LogP) is 3.23. The summed E-state index contributed by atoms with van der Waals surface area (Å²) in [6.45, 7) is 3.21. The van der Waals surface area contributed by atoms with Crippen molar-refractivity contribution in [2.75, 3.05) is 25.0 Å². The van der Waals surface area contributed by atoms with E-state index < -0.39 is 0 Å². The molecule has 0 spiro atoms. The fourth-order valence-corrected chi connectivity index (χ4v) is 3.57. The summed E-state index contributed by atoms with van der Waals surface area (Å²) in [7, 11) is 0. The Kier molecular flexibility index (Phi) is 8.04. The molecule has 0 unspecified atom stereocenters. The highest BCUT2D eigenvalue weighted by molar-refractivity contribution is 5.97. The summed E-state index contributed by atoms with van der Waals surface area (Å²) in [5, 5.41) is 5.72. The van der Waals surface area contributed by atoms with Crippen molar-refractivity contribution in [3.05, 3.63) is 60.2 Å². The molecule has 1 aliphatic heterocycles. The minimum absolute atomic E-state index is 0.0300. The number of likely N-dealkylation sites (tertiary alicyclic amines) is 1. The molecule has 1 aliphatic rings. The van der Waals surface area contributed by atoms with E-state index >= 15 is 0 Å². The molecule has 164 valence electrons. The van der Waals surface area contributed by atoms with Crippen molar-refractivity contribution in [2.24, 2.45) is 0 Å². The number of carbonyl (C=O) groups excluding carboxylic acids is 3. The maximum Gasteiger partial charge on any atom is 0.251 e. The van der Waals surface area contributed by atoms with Crippen LogP contribution in [0.4, 0.5) is 5.69 Å². The smallest absolute Gasteiger partial charge is 0.251 e. The number of benzene rings is 2. The van der Waals surface area contributed by atoms with Crippen LogP contribution in [0.1, 0.15) is 43.0 Å². The first-order valence-electron chi connectivity index (χ1n) is 10.7. The van der Waals surface area contributed by atoms with Gasteiger partial charge < -0.3 is 20.3 Å². The molecule has 2 aromatic carbocycles. The van der Waals surface area contributed by atoms with Crippen molar-refractivity contribution in [2.45, 2.75) is 38.6 Å². The Morgan fingerprint density at radius 1 is 1.03 bits per heavy atom. The summed E-state index contributed by atoms with van der Waals surface area (Å²) >= 11 is 0. The number of nitrogens with one attached hydrogen (secondary N) is 2. The lowest BCUT2D eigenvalue weighted by Gasteiger charge is -2.32. The van der Waals surface area contributed by atoms with Gasteiger partial charge in [-0.2, -0.15) is 0 Å². The number of piperidine rings is 1. The number of amides is 3. The van der Waals surface area contributed by atoms with Crippen molar-refractivity contribution >= 4 is 23.4 Å². The number of anilines is 1. The molecule has 1 saturated heterocycles. The Morgan fingerprint density at radius 3 is 2.48 bits per heavy atom. The van der Waals surface area contributed by atoms with Crippen LogP contribution in [0.5, 0.6) is 5.75 Å². The van der Waals surface area contributed by atoms with Gasteiger partial charge in [-0.25, -0.2) is 0 Å². The fourth-order valence-electron chi connectivity index (χ4n) is 3.57. The third-order valence-electron chi connectivity index (χ3n) is 5.17. The lowest BCUT2D eigenvalue weighted by Crippen LogP contribution is -2.46. The number of rotatable bonds is 8. The van der Waals surface area contributed by atoms with Crippen molar-refractivity contribution < 1.29 is 19.1 Å². The molecule has 0 bridgehead atoms. The summed E-state index contributed by atoms with van der Waals surface area (Å²) < 4.78 is 5.63. The van der Waals surface area contributed by atoms with Gasteiger partial charge in [0.25, 0.3) is 5.91 Å².